The van der Waals surface area contributed by atoms with Gasteiger partial charge < -0.3 is 10.4 Å². The molecule has 1 aliphatic heterocycles. The van der Waals surface area contributed by atoms with Gasteiger partial charge in [-0.2, -0.15) is 0 Å². The zero-order chi connectivity index (χ0) is 10.9. The largest absolute Gasteiger partial charge is 0.396 e. The normalized spacial score (nSPS) is 18.6. The average Bonchev–Trinajstić information content (AvgIpc) is 2.17. The van der Waals surface area contributed by atoms with Crippen LogP contribution in [0.4, 0.5) is 0 Å². The van der Waals surface area contributed by atoms with Gasteiger partial charge in [-0.1, -0.05) is 23.7 Å². The molecule has 15 heavy (non-hydrogen) atoms. The summed E-state index contributed by atoms with van der Waals surface area (Å²) in [5, 5.41) is 13.4. The number of rotatable bonds is 3. The first-order chi connectivity index (χ1) is 7.15. The highest BCUT2D eigenvalue weighted by atomic mass is 35.5. The number of aliphatic hydroxyl groups is 1. The van der Waals surface area contributed by atoms with Crippen molar-refractivity contribution in [2.24, 2.45) is 5.41 Å². The highest BCUT2D eigenvalue weighted by molar-refractivity contribution is 6.31. The zero-order valence-corrected chi connectivity index (χ0v) is 9.64. The number of benzene rings is 1. The molecule has 0 amide bonds. The summed E-state index contributed by atoms with van der Waals surface area (Å²) >= 11 is 5.97. The summed E-state index contributed by atoms with van der Waals surface area (Å²) in [6.45, 7) is 4.08. The maximum Gasteiger partial charge on any atom is 0.0515 e. The first kappa shape index (κ1) is 10.9. The first-order valence-corrected chi connectivity index (χ1v) is 5.60. The number of nitrogens with one attached hydrogen (secondary N) is 1. The molecule has 1 saturated heterocycles. The molecular formula is C12H16ClNO. The lowest BCUT2D eigenvalue weighted by atomic mass is 9.77. The number of aliphatic hydroxyl groups excluding tert-OH is 1. The fourth-order valence-electron chi connectivity index (χ4n) is 2.02. The Balaban J connectivity index is 2.13. The lowest BCUT2D eigenvalue weighted by Crippen LogP contribution is -2.56. The van der Waals surface area contributed by atoms with Gasteiger partial charge in [-0.3, -0.25) is 0 Å². The molecule has 1 fully saturated rings. The maximum absolute atomic E-state index is 9.36. The van der Waals surface area contributed by atoms with Crippen LogP contribution >= 0.6 is 11.6 Å². The molecule has 3 heteroatoms. The van der Waals surface area contributed by atoms with E-state index >= 15 is 0 Å². The smallest absolute Gasteiger partial charge is 0.0515 e. The van der Waals surface area contributed by atoms with Crippen molar-refractivity contribution in [3.8, 4) is 0 Å². The van der Waals surface area contributed by atoms with Gasteiger partial charge in [0.15, 0.2) is 0 Å². The second kappa shape index (κ2) is 4.12. The summed E-state index contributed by atoms with van der Waals surface area (Å²) < 4.78 is 0. The summed E-state index contributed by atoms with van der Waals surface area (Å²) in [5.41, 5.74) is 2.42. The standard InChI is InChI=1S/C12H16ClNO/c1-9-4-10(2-3-11(9)13)5-12(8-15)6-14-7-12/h2-4,14-15H,5-8H2,1H3. The quantitative estimate of drug-likeness (QED) is 0.822. The molecule has 1 aromatic rings. The van der Waals surface area contributed by atoms with Crippen molar-refractivity contribution in [3.05, 3.63) is 34.3 Å². The average molecular weight is 226 g/mol. The Morgan fingerprint density at radius 3 is 2.67 bits per heavy atom. The molecule has 0 atom stereocenters. The van der Waals surface area contributed by atoms with Crippen LogP contribution < -0.4 is 5.32 Å². The summed E-state index contributed by atoms with van der Waals surface area (Å²) in [4.78, 5) is 0. The summed E-state index contributed by atoms with van der Waals surface area (Å²) in [6, 6.07) is 6.09. The van der Waals surface area contributed by atoms with E-state index in [1.54, 1.807) is 0 Å². The Labute approximate surface area is 95.3 Å². The molecule has 1 aliphatic rings. The summed E-state index contributed by atoms with van der Waals surface area (Å²) in [6.07, 6.45) is 0.925. The molecule has 2 nitrogen and oxygen atoms in total. The third-order valence-electron chi connectivity index (χ3n) is 3.14. The fourth-order valence-corrected chi connectivity index (χ4v) is 2.14. The minimum absolute atomic E-state index is 0.0558. The SMILES string of the molecule is Cc1cc(CC2(CO)CNC2)ccc1Cl. The maximum atomic E-state index is 9.36. The molecule has 0 saturated carbocycles. The number of halogens is 1. The molecule has 1 aromatic carbocycles. The molecule has 0 spiro atoms. The van der Waals surface area contributed by atoms with E-state index in [9.17, 15) is 5.11 Å². The Bertz CT molecular complexity index is 355. The Morgan fingerprint density at radius 2 is 2.20 bits per heavy atom. The van der Waals surface area contributed by atoms with Crippen LogP contribution in [0.15, 0.2) is 18.2 Å². The third-order valence-corrected chi connectivity index (χ3v) is 3.56. The van der Waals surface area contributed by atoms with Crippen LogP contribution in [-0.2, 0) is 6.42 Å². The number of hydrogen-bond acceptors (Lipinski definition) is 2. The zero-order valence-electron chi connectivity index (χ0n) is 8.89. The van der Waals surface area contributed by atoms with E-state index in [-0.39, 0.29) is 12.0 Å². The van der Waals surface area contributed by atoms with Gasteiger partial charge in [-0.25, -0.2) is 0 Å². The predicted molar refractivity (Wildman–Crippen MR) is 62.3 cm³/mol. The lowest BCUT2D eigenvalue weighted by molar-refractivity contribution is 0.0687. The molecule has 0 aromatic heterocycles. The van der Waals surface area contributed by atoms with Gasteiger partial charge in [-0.05, 0) is 30.5 Å². The number of hydrogen-bond donors (Lipinski definition) is 2. The predicted octanol–water partition coefficient (Wildman–Crippen LogP) is 1.77. The highest BCUT2D eigenvalue weighted by Crippen LogP contribution is 2.28. The van der Waals surface area contributed by atoms with Crippen molar-refractivity contribution in [2.45, 2.75) is 13.3 Å². The van der Waals surface area contributed by atoms with E-state index in [2.05, 4.69) is 11.4 Å². The van der Waals surface area contributed by atoms with Crippen molar-refractivity contribution >= 4 is 11.6 Å². The fraction of sp³-hybridized carbons (Fsp3) is 0.500. The van der Waals surface area contributed by atoms with Crippen LogP contribution in [0.5, 0.6) is 0 Å². The van der Waals surface area contributed by atoms with Gasteiger partial charge >= 0.3 is 0 Å². The van der Waals surface area contributed by atoms with Crippen molar-refractivity contribution in [1.82, 2.24) is 5.32 Å². The Morgan fingerprint density at radius 1 is 1.47 bits per heavy atom. The molecule has 0 aliphatic carbocycles. The lowest BCUT2D eigenvalue weighted by Gasteiger charge is -2.41. The van der Waals surface area contributed by atoms with Gasteiger partial charge in [0.1, 0.15) is 0 Å². The monoisotopic (exact) mass is 225 g/mol. The first-order valence-electron chi connectivity index (χ1n) is 5.22. The molecule has 0 radical (unpaired) electrons. The second-order valence-electron chi connectivity index (χ2n) is 4.52. The van der Waals surface area contributed by atoms with Crippen molar-refractivity contribution < 1.29 is 5.11 Å². The second-order valence-corrected chi connectivity index (χ2v) is 4.93. The van der Waals surface area contributed by atoms with Crippen LogP contribution in [0, 0.1) is 12.3 Å². The van der Waals surface area contributed by atoms with Crippen LogP contribution in [0.25, 0.3) is 0 Å². The highest BCUT2D eigenvalue weighted by Gasteiger charge is 2.36. The minimum atomic E-state index is 0.0558. The molecule has 0 unspecified atom stereocenters. The van der Waals surface area contributed by atoms with E-state index in [1.165, 1.54) is 5.56 Å². The van der Waals surface area contributed by atoms with Gasteiger partial charge in [0, 0.05) is 23.5 Å². The Kier molecular flexibility index (Phi) is 3.01. The van der Waals surface area contributed by atoms with Crippen molar-refractivity contribution in [1.29, 1.82) is 0 Å². The van der Waals surface area contributed by atoms with Crippen LogP contribution in [0.2, 0.25) is 5.02 Å². The van der Waals surface area contributed by atoms with Crippen molar-refractivity contribution in [3.63, 3.8) is 0 Å². The van der Waals surface area contributed by atoms with E-state index in [4.69, 9.17) is 11.6 Å². The third kappa shape index (κ3) is 2.17. The molecule has 2 rings (SSSR count). The van der Waals surface area contributed by atoms with Gasteiger partial charge in [0.25, 0.3) is 0 Å². The van der Waals surface area contributed by atoms with E-state index < -0.39 is 0 Å². The van der Waals surface area contributed by atoms with Gasteiger partial charge in [-0.15, -0.1) is 0 Å². The van der Waals surface area contributed by atoms with Crippen LogP contribution in [-0.4, -0.2) is 24.8 Å². The summed E-state index contributed by atoms with van der Waals surface area (Å²) in [7, 11) is 0. The van der Waals surface area contributed by atoms with E-state index in [0.717, 1.165) is 30.1 Å². The molecule has 1 heterocycles. The topological polar surface area (TPSA) is 32.3 Å². The molecule has 82 valence electrons. The van der Waals surface area contributed by atoms with Gasteiger partial charge in [0.2, 0.25) is 0 Å². The number of aryl methyl sites for hydroxylation is 1. The Hall–Kier alpha value is -0.570. The molecule has 2 N–H and O–H groups in total. The van der Waals surface area contributed by atoms with E-state index in [1.807, 2.05) is 19.1 Å². The van der Waals surface area contributed by atoms with Crippen LogP contribution in [0.3, 0.4) is 0 Å². The summed E-state index contributed by atoms with van der Waals surface area (Å²) in [5.74, 6) is 0. The molecule has 0 bridgehead atoms. The van der Waals surface area contributed by atoms with Crippen LogP contribution in [0.1, 0.15) is 11.1 Å². The van der Waals surface area contributed by atoms with Gasteiger partial charge in [0.05, 0.1) is 6.61 Å². The van der Waals surface area contributed by atoms with Crippen molar-refractivity contribution in [2.75, 3.05) is 19.7 Å². The van der Waals surface area contributed by atoms with E-state index in [0.29, 0.717) is 0 Å². The molecular weight excluding hydrogens is 210 g/mol. The minimum Gasteiger partial charge on any atom is -0.396 e.